The van der Waals surface area contributed by atoms with E-state index in [2.05, 4.69) is 0 Å². The summed E-state index contributed by atoms with van der Waals surface area (Å²) in [7, 11) is -0.511. The van der Waals surface area contributed by atoms with E-state index >= 15 is 0 Å². The lowest BCUT2D eigenvalue weighted by Crippen LogP contribution is -2.16. The second-order valence-corrected chi connectivity index (χ2v) is 8.41. The highest BCUT2D eigenvalue weighted by Gasteiger charge is 2.19. The van der Waals surface area contributed by atoms with Crippen LogP contribution in [0.5, 0.6) is 11.5 Å². The Kier molecular flexibility index (Phi) is 6.90. The molecule has 0 radical (unpaired) electrons. The van der Waals surface area contributed by atoms with Gasteiger partial charge in [-0.2, -0.15) is 0 Å². The van der Waals surface area contributed by atoms with Gasteiger partial charge >= 0.3 is 0 Å². The first-order valence-corrected chi connectivity index (χ1v) is 10.2. The summed E-state index contributed by atoms with van der Waals surface area (Å²) in [6.45, 7) is 0. The third-order valence-electron chi connectivity index (χ3n) is 3.48. The van der Waals surface area contributed by atoms with Crippen LogP contribution in [0.15, 0.2) is 58.3 Å². The van der Waals surface area contributed by atoms with Crippen LogP contribution in [0, 0.1) is 0 Å². The number of sulfone groups is 1. The summed E-state index contributed by atoms with van der Waals surface area (Å²) in [5.41, 5.74) is 0. The van der Waals surface area contributed by atoms with Crippen molar-refractivity contribution in [3.8, 4) is 11.5 Å². The largest absolute Gasteiger partial charge is 0.497 e. The van der Waals surface area contributed by atoms with Crippen molar-refractivity contribution in [1.29, 1.82) is 0 Å². The predicted octanol–water partition coefficient (Wildman–Crippen LogP) is 3.23. The molecule has 0 atom stereocenters. The van der Waals surface area contributed by atoms with Crippen LogP contribution in [0.3, 0.4) is 0 Å². The molecule has 2 aromatic rings. The van der Waals surface area contributed by atoms with Crippen molar-refractivity contribution in [3.05, 3.63) is 48.5 Å². The van der Waals surface area contributed by atoms with Gasteiger partial charge in [-0.25, -0.2) is 8.42 Å². The van der Waals surface area contributed by atoms with Gasteiger partial charge in [0.25, 0.3) is 0 Å². The predicted molar refractivity (Wildman–Crippen MR) is 98.4 cm³/mol. The van der Waals surface area contributed by atoms with E-state index in [1.165, 1.54) is 31.0 Å². The van der Waals surface area contributed by atoms with Gasteiger partial charge in [0.2, 0.25) is 0 Å². The van der Waals surface area contributed by atoms with E-state index in [1.807, 2.05) is 24.3 Å². The third kappa shape index (κ3) is 5.79. The minimum atomic E-state index is -3.62. The van der Waals surface area contributed by atoms with Crippen molar-refractivity contribution in [2.75, 3.05) is 25.7 Å². The van der Waals surface area contributed by atoms with Crippen LogP contribution >= 0.6 is 11.8 Å². The van der Waals surface area contributed by atoms with Gasteiger partial charge in [0.15, 0.2) is 9.84 Å². The second-order valence-electron chi connectivity index (χ2n) is 5.25. The fourth-order valence-corrected chi connectivity index (χ4v) is 4.28. The van der Waals surface area contributed by atoms with Gasteiger partial charge in [-0.05, 0) is 48.5 Å². The van der Waals surface area contributed by atoms with Crippen LogP contribution in [0.2, 0.25) is 0 Å². The molecule has 0 aliphatic rings. The highest BCUT2D eigenvalue weighted by Crippen LogP contribution is 2.22. The van der Waals surface area contributed by atoms with Crippen molar-refractivity contribution < 1.29 is 22.7 Å². The Balaban J connectivity index is 1.85. The number of hydrogen-bond acceptors (Lipinski definition) is 6. The Morgan fingerprint density at radius 1 is 0.920 bits per heavy atom. The van der Waals surface area contributed by atoms with Crippen LogP contribution < -0.4 is 9.47 Å². The molecule has 0 spiro atoms. The smallest absolute Gasteiger partial charge is 0.185 e. The topological polar surface area (TPSA) is 69.7 Å². The average Bonchev–Trinajstić information content (AvgIpc) is 2.62. The fourth-order valence-electron chi connectivity index (χ4n) is 2.11. The van der Waals surface area contributed by atoms with E-state index < -0.39 is 15.6 Å². The van der Waals surface area contributed by atoms with Gasteiger partial charge < -0.3 is 9.47 Å². The number of ketones is 1. The maximum Gasteiger partial charge on any atom is 0.185 e. The first-order valence-electron chi connectivity index (χ1n) is 7.60. The summed E-state index contributed by atoms with van der Waals surface area (Å²) in [6.07, 6.45) is 0.200. The van der Waals surface area contributed by atoms with Crippen LogP contribution in [-0.4, -0.2) is 39.9 Å². The Morgan fingerprint density at radius 2 is 1.44 bits per heavy atom. The summed E-state index contributed by atoms with van der Waals surface area (Å²) >= 11 is 1.51. The highest BCUT2D eigenvalue weighted by atomic mass is 32.2. The zero-order valence-electron chi connectivity index (χ0n) is 14.1. The standard InChI is InChI=1S/C18H20O5S2/c1-22-15-3-7-17(8-4-15)24-12-11-14(19)13-25(20,21)18-9-5-16(23-2)6-10-18/h3-10H,11-13H2,1-2H3. The molecule has 0 N–H and O–H groups in total. The van der Waals surface area contributed by atoms with Gasteiger partial charge in [-0.15, -0.1) is 11.8 Å². The van der Waals surface area contributed by atoms with Crippen LogP contribution in [0.1, 0.15) is 6.42 Å². The zero-order chi connectivity index (χ0) is 18.3. The van der Waals surface area contributed by atoms with Crippen molar-refractivity contribution in [2.45, 2.75) is 16.2 Å². The summed E-state index contributed by atoms with van der Waals surface area (Å²) < 4.78 is 34.6. The lowest BCUT2D eigenvalue weighted by atomic mass is 10.3. The van der Waals surface area contributed by atoms with Crippen LogP contribution in [0.4, 0.5) is 0 Å². The molecule has 0 fully saturated rings. The molecule has 0 amide bonds. The van der Waals surface area contributed by atoms with E-state index in [1.54, 1.807) is 19.2 Å². The first-order chi connectivity index (χ1) is 11.9. The number of rotatable bonds is 9. The molecular weight excluding hydrogens is 360 g/mol. The van der Waals surface area contributed by atoms with E-state index in [0.29, 0.717) is 11.5 Å². The molecule has 0 heterocycles. The van der Waals surface area contributed by atoms with Gasteiger partial charge in [0, 0.05) is 17.1 Å². The molecule has 0 saturated carbocycles. The quantitative estimate of drug-likeness (QED) is 0.622. The minimum absolute atomic E-state index is 0.129. The molecule has 2 aromatic carbocycles. The maximum absolute atomic E-state index is 12.3. The lowest BCUT2D eigenvalue weighted by Gasteiger charge is -2.06. The van der Waals surface area contributed by atoms with Crippen LogP contribution in [-0.2, 0) is 14.6 Å². The number of ether oxygens (including phenoxy) is 2. The Hall–Kier alpha value is -1.99. The molecule has 7 heteroatoms. The number of carbonyl (C=O) groups is 1. The normalized spacial score (nSPS) is 11.1. The molecule has 0 aliphatic heterocycles. The maximum atomic E-state index is 12.3. The number of carbonyl (C=O) groups excluding carboxylic acids is 1. The van der Waals surface area contributed by atoms with Crippen molar-refractivity contribution in [1.82, 2.24) is 0 Å². The second kappa shape index (κ2) is 8.92. The molecule has 25 heavy (non-hydrogen) atoms. The van der Waals surface area contributed by atoms with E-state index in [4.69, 9.17) is 9.47 Å². The first kappa shape index (κ1) is 19.3. The van der Waals surface area contributed by atoms with E-state index in [0.717, 1.165) is 10.6 Å². The summed E-state index contributed by atoms with van der Waals surface area (Å²) in [5, 5.41) is 0. The molecule has 0 aliphatic carbocycles. The minimum Gasteiger partial charge on any atom is -0.497 e. The van der Waals surface area contributed by atoms with E-state index in [-0.39, 0.29) is 17.1 Å². The van der Waals surface area contributed by atoms with Gasteiger partial charge in [0.1, 0.15) is 23.0 Å². The average molecular weight is 380 g/mol. The Bertz CT molecular complexity index is 796. The summed E-state index contributed by atoms with van der Waals surface area (Å²) in [5.74, 6) is 1.09. The number of methoxy groups -OCH3 is 2. The van der Waals surface area contributed by atoms with Gasteiger partial charge in [0.05, 0.1) is 19.1 Å². The molecule has 0 aromatic heterocycles. The Labute approximate surface area is 152 Å². The number of hydrogen-bond donors (Lipinski definition) is 0. The van der Waals surface area contributed by atoms with Gasteiger partial charge in [-0.1, -0.05) is 0 Å². The zero-order valence-corrected chi connectivity index (χ0v) is 15.7. The molecule has 0 bridgehead atoms. The monoisotopic (exact) mass is 380 g/mol. The van der Waals surface area contributed by atoms with Gasteiger partial charge in [-0.3, -0.25) is 4.79 Å². The number of benzene rings is 2. The number of Topliss-reactive ketones (excluding diaryl/α,β-unsaturated/α-hetero) is 1. The Morgan fingerprint density at radius 3 is 1.96 bits per heavy atom. The van der Waals surface area contributed by atoms with Crippen molar-refractivity contribution >= 4 is 27.4 Å². The third-order valence-corrected chi connectivity index (χ3v) is 6.18. The molecule has 0 unspecified atom stereocenters. The fraction of sp³-hybridized carbons (Fsp3) is 0.278. The lowest BCUT2D eigenvalue weighted by molar-refractivity contribution is -0.116. The molecule has 5 nitrogen and oxygen atoms in total. The summed E-state index contributed by atoms with van der Waals surface area (Å²) in [6, 6.07) is 13.5. The SMILES string of the molecule is COc1ccc(SCCC(=O)CS(=O)(=O)c2ccc(OC)cc2)cc1. The molecule has 2 rings (SSSR count). The van der Waals surface area contributed by atoms with Crippen molar-refractivity contribution in [3.63, 3.8) is 0 Å². The molecule has 134 valence electrons. The van der Waals surface area contributed by atoms with Crippen molar-refractivity contribution in [2.24, 2.45) is 0 Å². The summed E-state index contributed by atoms with van der Waals surface area (Å²) in [4.78, 5) is 13.1. The molecular formula is C18H20O5S2. The number of thioether (sulfide) groups is 1. The van der Waals surface area contributed by atoms with E-state index in [9.17, 15) is 13.2 Å². The highest BCUT2D eigenvalue weighted by molar-refractivity contribution is 7.99. The van der Waals surface area contributed by atoms with Crippen LogP contribution in [0.25, 0.3) is 0 Å². The molecule has 0 saturated heterocycles.